The zero-order valence-electron chi connectivity index (χ0n) is 12.5. The van der Waals surface area contributed by atoms with Gasteiger partial charge in [-0.15, -0.1) is 0 Å². The summed E-state index contributed by atoms with van der Waals surface area (Å²) >= 11 is 0. The van der Waals surface area contributed by atoms with Gasteiger partial charge in [0.15, 0.2) is 0 Å². The van der Waals surface area contributed by atoms with Gasteiger partial charge >= 0.3 is 6.18 Å². The number of alkyl halides is 3. The Labute approximate surface area is 127 Å². The van der Waals surface area contributed by atoms with E-state index in [-0.39, 0.29) is 5.69 Å². The second-order valence-electron chi connectivity index (χ2n) is 5.98. The second-order valence-corrected chi connectivity index (χ2v) is 5.98. The van der Waals surface area contributed by atoms with Crippen molar-refractivity contribution in [2.24, 2.45) is 5.92 Å². The van der Waals surface area contributed by atoms with Gasteiger partial charge in [-0.05, 0) is 30.9 Å². The molecule has 0 unspecified atom stereocenters. The minimum Gasteiger partial charge on any atom is -0.369 e. The molecule has 3 nitrogen and oxygen atoms in total. The Morgan fingerprint density at radius 3 is 2.68 bits per heavy atom. The second kappa shape index (κ2) is 5.34. The number of benzene rings is 1. The van der Waals surface area contributed by atoms with Crippen molar-refractivity contribution in [3.63, 3.8) is 0 Å². The summed E-state index contributed by atoms with van der Waals surface area (Å²) in [7, 11) is 0. The third kappa shape index (κ3) is 2.58. The number of hydrogen-bond donors (Lipinski definition) is 1. The van der Waals surface area contributed by atoms with Gasteiger partial charge in [-0.25, -0.2) is 4.68 Å². The summed E-state index contributed by atoms with van der Waals surface area (Å²) in [4.78, 5) is 0. The average molecular weight is 309 g/mol. The molecule has 1 aliphatic heterocycles. The number of aromatic nitrogens is 2. The highest BCUT2D eigenvalue weighted by Gasteiger charge is 2.35. The molecule has 2 aromatic rings. The van der Waals surface area contributed by atoms with Gasteiger partial charge in [0.05, 0.1) is 16.9 Å². The third-order valence-electron chi connectivity index (χ3n) is 3.77. The van der Waals surface area contributed by atoms with E-state index < -0.39 is 11.7 Å². The van der Waals surface area contributed by atoms with Crippen LogP contribution < -0.4 is 5.32 Å². The normalized spacial score (nSPS) is 14.3. The standard InChI is InChI=1S/C16H18F3N3/c1-10(2)9-13-11-7-8-20-15(11)22(21-13)14-6-4-3-5-12(14)16(17,18)19/h3-6,10,20H,7-9H2,1-2H3. The molecule has 1 aliphatic rings. The highest BCUT2D eigenvalue weighted by Crippen LogP contribution is 2.37. The molecule has 1 N–H and O–H groups in total. The summed E-state index contributed by atoms with van der Waals surface area (Å²) in [5, 5.41) is 7.64. The number of hydrogen-bond acceptors (Lipinski definition) is 2. The van der Waals surface area contributed by atoms with E-state index in [1.165, 1.54) is 16.8 Å². The maximum atomic E-state index is 13.2. The van der Waals surface area contributed by atoms with Gasteiger partial charge in [-0.2, -0.15) is 18.3 Å². The Balaban J connectivity index is 2.14. The van der Waals surface area contributed by atoms with Crippen molar-refractivity contribution in [2.45, 2.75) is 32.9 Å². The Kier molecular flexibility index (Phi) is 3.62. The van der Waals surface area contributed by atoms with Crippen LogP contribution in [0.25, 0.3) is 5.69 Å². The van der Waals surface area contributed by atoms with Crippen molar-refractivity contribution >= 4 is 5.82 Å². The highest BCUT2D eigenvalue weighted by atomic mass is 19.4. The van der Waals surface area contributed by atoms with Crippen LogP contribution in [0.5, 0.6) is 0 Å². The molecule has 6 heteroatoms. The summed E-state index contributed by atoms with van der Waals surface area (Å²) in [6.07, 6.45) is -2.82. The largest absolute Gasteiger partial charge is 0.418 e. The van der Waals surface area contributed by atoms with Gasteiger partial charge in [0.1, 0.15) is 5.82 Å². The lowest BCUT2D eigenvalue weighted by atomic mass is 10.0. The summed E-state index contributed by atoms with van der Waals surface area (Å²) in [6, 6.07) is 5.57. The molecule has 1 aromatic carbocycles. The van der Waals surface area contributed by atoms with Crippen LogP contribution >= 0.6 is 0 Å². The van der Waals surface area contributed by atoms with Gasteiger partial charge in [-0.3, -0.25) is 0 Å². The molecule has 0 saturated heterocycles. The van der Waals surface area contributed by atoms with Crippen LogP contribution in [0.4, 0.5) is 19.0 Å². The fourth-order valence-corrected chi connectivity index (χ4v) is 2.87. The van der Waals surface area contributed by atoms with Crippen molar-refractivity contribution in [3.05, 3.63) is 41.1 Å². The summed E-state index contributed by atoms with van der Waals surface area (Å²) in [5.41, 5.74) is 1.36. The van der Waals surface area contributed by atoms with E-state index >= 15 is 0 Å². The maximum Gasteiger partial charge on any atom is 0.418 e. The van der Waals surface area contributed by atoms with Crippen molar-refractivity contribution in [1.29, 1.82) is 0 Å². The first-order valence-electron chi connectivity index (χ1n) is 7.39. The molecule has 22 heavy (non-hydrogen) atoms. The molecule has 2 heterocycles. The van der Waals surface area contributed by atoms with Crippen LogP contribution in [-0.4, -0.2) is 16.3 Å². The van der Waals surface area contributed by atoms with Crippen LogP contribution in [0.3, 0.4) is 0 Å². The van der Waals surface area contributed by atoms with E-state index in [0.717, 1.165) is 36.7 Å². The first kappa shape index (κ1) is 14.9. The van der Waals surface area contributed by atoms with E-state index in [1.807, 2.05) is 0 Å². The summed E-state index contributed by atoms with van der Waals surface area (Å²) in [5.74, 6) is 1.11. The van der Waals surface area contributed by atoms with Gasteiger partial charge in [0.25, 0.3) is 0 Å². The van der Waals surface area contributed by atoms with E-state index in [9.17, 15) is 13.2 Å². The SMILES string of the molecule is CC(C)Cc1nn(-c2ccccc2C(F)(F)F)c2c1CCN2. The van der Waals surface area contributed by atoms with Crippen LogP contribution in [-0.2, 0) is 19.0 Å². The van der Waals surface area contributed by atoms with Crippen LogP contribution in [0.2, 0.25) is 0 Å². The molecule has 0 saturated carbocycles. The quantitative estimate of drug-likeness (QED) is 0.926. The molecule has 0 fully saturated rings. The van der Waals surface area contributed by atoms with E-state index in [1.54, 1.807) is 6.07 Å². The van der Waals surface area contributed by atoms with Crippen molar-refractivity contribution in [3.8, 4) is 5.69 Å². The number of halogens is 3. The molecule has 118 valence electrons. The number of para-hydroxylation sites is 1. The predicted octanol–water partition coefficient (Wildman–Crippen LogP) is 4.06. The zero-order valence-corrected chi connectivity index (χ0v) is 12.5. The van der Waals surface area contributed by atoms with Gasteiger partial charge < -0.3 is 5.32 Å². The highest BCUT2D eigenvalue weighted by molar-refractivity contribution is 5.59. The number of nitrogens with one attached hydrogen (secondary N) is 1. The molecule has 0 bridgehead atoms. The zero-order chi connectivity index (χ0) is 15.9. The molecule has 0 atom stereocenters. The fourth-order valence-electron chi connectivity index (χ4n) is 2.87. The number of nitrogens with zero attached hydrogens (tertiary/aromatic N) is 2. The predicted molar refractivity (Wildman–Crippen MR) is 79.3 cm³/mol. The lowest BCUT2D eigenvalue weighted by molar-refractivity contribution is -0.137. The first-order chi connectivity index (χ1) is 10.4. The minimum atomic E-state index is -4.40. The molecule has 3 rings (SSSR count). The van der Waals surface area contributed by atoms with Crippen LogP contribution in [0, 0.1) is 5.92 Å². The molecule has 1 aromatic heterocycles. The Hall–Kier alpha value is -1.98. The van der Waals surface area contributed by atoms with Crippen molar-refractivity contribution < 1.29 is 13.2 Å². The number of fused-ring (bicyclic) bond motifs is 1. The number of anilines is 1. The van der Waals surface area contributed by atoms with Gasteiger partial charge in [0, 0.05) is 12.1 Å². The minimum absolute atomic E-state index is 0.0793. The number of rotatable bonds is 3. The Morgan fingerprint density at radius 2 is 2.00 bits per heavy atom. The van der Waals surface area contributed by atoms with Crippen LogP contribution in [0.1, 0.15) is 30.7 Å². The molecule has 0 radical (unpaired) electrons. The molecule has 0 spiro atoms. The van der Waals surface area contributed by atoms with E-state index in [4.69, 9.17) is 0 Å². The van der Waals surface area contributed by atoms with Gasteiger partial charge in [-0.1, -0.05) is 26.0 Å². The lowest BCUT2D eigenvalue weighted by Gasteiger charge is -2.14. The molecule has 0 amide bonds. The van der Waals surface area contributed by atoms with Crippen LogP contribution in [0.15, 0.2) is 24.3 Å². The monoisotopic (exact) mass is 309 g/mol. The molecular formula is C16H18F3N3. The Morgan fingerprint density at radius 1 is 1.27 bits per heavy atom. The van der Waals surface area contributed by atoms with E-state index in [0.29, 0.717) is 11.7 Å². The smallest absolute Gasteiger partial charge is 0.369 e. The fraction of sp³-hybridized carbons (Fsp3) is 0.438. The molecular weight excluding hydrogens is 291 g/mol. The Bertz CT molecular complexity index is 686. The average Bonchev–Trinajstić information content (AvgIpc) is 3.01. The maximum absolute atomic E-state index is 13.2. The van der Waals surface area contributed by atoms with E-state index in [2.05, 4.69) is 24.3 Å². The third-order valence-corrected chi connectivity index (χ3v) is 3.77. The summed E-state index contributed by atoms with van der Waals surface area (Å²) < 4.78 is 41.1. The van der Waals surface area contributed by atoms with Crippen molar-refractivity contribution in [2.75, 3.05) is 11.9 Å². The van der Waals surface area contributed by atoms with Gasteiger partial charge in [0.2, 0.25) is 0 Å². The first-order valence-corrected chi connectivity index (χ1v) is 7.39. The topological polar surface area (TPSA) is 29.9 Å². The lowest BCUT2D eigenvalue weighted by Crippen LogP contribution is -2.13. The summed E-state index contributed by atoms with van der Waals surface area (Å²) in [6.45, 7) is 4.90. The van der Waals surface area contributed by atoms with Crippen molar-refractivity contribution in [1.82, 2.24) is 9.78 Å². The molecule has 0 aliphatic carbocycles.